The number of piperidine rings is 1. The summed E-state index contributed by atoms with van der Waals surface area (Å²) < 4.78 is 17.5. The molecule has 0 bridgehead atoms. The zero-order valence-electron chi connectivity index (χ0n) is 15.0. The molecule has 0 radical (unpaired) electrons. The maximum atomic E-state index is 12.4. The van der Waals surface area contributed by atoms with E-state index in [4.69, 9.17) is 13.9 Å². The molecule has 6 nitrogen and oxygen atoms in total. The number of furan rings is 1. The lowest BCUT2D eigenvalue weighted by molar-refractivity contribution is -0.135. The van der Waals surface area contributed by atoms with Crippen molar-refractivity contribution in [2.75, 3.05) is 19.7 Å². The van der Waals surface area contributed by atoms with Crippen LogP contribution in [0.15, 0.2) is 41.1 Å². The van der Waals surface area contributed by atoms with E-state index in [-0.39, 0.29) is 17.6 Å². The number of hydrogen-bond donors (Lipinski definition) is 0. The number of aromatic nitrogens is 1. The molecule has 0 aliphatic carbocycles. The molecule has 1 unspecified atom stereocenters. The predicted molar refractivity (Wildman–Crippen MR) is 95.2 cm³/mol. The first kappa shape index (κ1) is 17.1. The second kappa shape index (κ2) is 7.11. The number of carbonyl (C=O) groups is 1. The lowest BCUT2D eigenvalue weighted by atomic mass is 9.83. The Morgan fingerprint density at radius 3 is 2.92 bits per heavy atom. The molecule has 2 aliphatic heterocycles. The largest absolute Gasteiger partial charge is 0.474 e. The lowest BCUT2D eigenvalue weighted by Crippen LogP contribution is -2.52. The fraction of sp³-hybridized carbons (Fsp3) is 0.500. The van der Waals surface area contributed by atoms with Crippen LogP contribution in [0.5, 0.6) is 5.88 Å². The zero-order chi connectivity index (χ0) is 18.0. The molecule has 2 aromatic rings. The molecule has 2 aromatic heterocycles. The minimum atomic E-state index is -0.202. The molecule has 0 saturated carbocycles. The van der Waals surface area contributed by atoms with Gasteiger partial charge in [0.25, 0.3) is 5.91 Å². The first-order valence-electron chi connectivity index (χ1n) is 9.20. The highest BCUT2D eigenvalue weighted by atomic mass is 16.5. The summed E-state index contributed by atoms with van der Waals surface area (Å²) in [5, 5.41) is 0. The Kier molecular flexibility index (Phi) is 4.68. The van der Waals surface area contributed by atoms with Crippen LogP contribution in [0.2, 0.25) is 0 Å². The quantitative estimate of drug-likeness (QED) is 0.845. The van der Waals surface area contributed by atoms with Gasteiger partial charge in [0.1, 0.15) is 6.10 Å². The number of rotatable bonds is 3. The van der Waals surface area contributed by atoms with Gasteiger partial charge in [0.2, 0.25) is 5.88 Å². The number of likely N-dealkylation sites (tertiary alicyclic amines) is 1. The van der Waals surface area contributed by atoms with Crippen LogP contribution < -0.4 is 4.74 Å². The fourth-order valence-corrected chi connectivity index (χ4v) is 3.85. The molecule has 1 amide bonds. The molecule has 26 heavy (non-hydrogen) atoms. The topological polar surface area (TPSA) is 64.8 Å². The summed E-state index contributed by atoms with van der Waals surface area (Å²) in [7, 11) is 0. The standard InChI is InChI=1S/C20H24N2O4/c1-15-4-8-21-18(13-15)26-16-5-12-25-20(14-16)6-9-22(10-7-20)19(23)17-3-2-11-24-17/h2-4,8,11,13,16H,5-7,9-10,12,14H2,1H3. The molecule has 4 rings (SSSR count). The molecule has 2 fully saturated rings. The van der Waals surface area contributed by atoms with E-state index in [1.54, 1.807) is 18.3 Å². The van der Waals surface area contributed by atoms with Crippen molar-refractivity contribution < 1.29 is 18.7 Å². The Morgan fingerprint density at radius 1 is 1.35 bits per heavy atom. The number of amides is 1. The molecule has 1 spiro atoms. The van der Waals surface area contributed by atoms with Gasteiger partial charge in [0.15, 0.2) is 5.76 Å². The Bertz CT molecular complexity index is 751. The number of hydrogen-bond acceptors (Lipinski definition) is 5. The summed E-state index contributed by atoms with van der Waals surface area (Å²) >= 11 is 0. The van der Waals surface area contributed by atoms with Crippen molar-refractivity contribution in [2.24, 2.45) is 0 Å². The van der Waals surface area contributed by atoms with Crippen molar-refractivity contribution in [3.63, 3.8) is 0 Å². The van der Waals surface area contributed by atoms with E-state index in [0.29, 0.717) is 31.3 Å². The average Bonchev–Trinajstić information content (AvgIpc) is 3.17. The Balaban J connectivity index is 1.36. The van der Waals surface area contributed by atoms with Gasteiger partial charge in [-0.2, -0.15) is 0 Å². The van der Waals surface area contributed by atoms with Crippen LogP contribution in [-0.4, -0.2) is 47.2 Å². The SMILES string of the molecule is Cc1ccnc(OC2CCOC3(CCN(C(=O)c4ccco4)CC3)C2)c1. The Labute approximate surface area is 153 Å². The molecule has 0 aromatic carbocycles. The third-order valence-electron chi connectivity index (χ3n) is 5.32. The number of aryl methyl sites for hydroxylation is 1. The van der Waals surface area contributed by atoms with E-state index in [1.807, 2.05) is 24.0 Å². The van der Waals surface area contributed by atoms with Gasteiger partial charge in [-0.3, -0.25) is 4.79 Å². The summed E-state index contributed by atoms with van der Waals surface area (Å²) in [4.78, 5) is 18.6. The van der Waals surface area contributed by atoms with Gasteiger partial charge in [-0.15, -0.1) is 0 Å². The summed E-state index contributed by atoms with van der Waals surface area (Å²) in [6.45, 7) is 4.07. The van der Waals surface area contributed by atoms with Crippen LogP contribution in [0.4, 0.5) is 0 Å². The van der Waals surface area contributed by atoms with Gasteiger partial charge >= 0.3 is 0 Å². The van der Waals surface area contributed by atoms with Crippen molar-refractivity contribution in [1.29, 1.82) is 0 Å². The van der Waals surface area contributed by atoms with E-state index in [2.05, 4.69) is 4.98 Å². The zero-order valence-corrected chi connectivity index (χ0v) is 15.0. The molecule has 1 atom stereocenters. The van der Waals surface area contributed by atoms with E-state index in [1.165, 1.54) is 6.26 Å². The fourth-order valence-electron chi connectivity index (χ4n) is 3.85. The highest BCUT2D eigenvalue weighted by Gasteiger charge is 2.42. The van der Waals surface area contributed by atoms with Crippen LogP contribution in [0.25, 0.3) is 0 Å². The van der Waals surface area contributed by atoms with Crippen LogP contribution >= 0.6 is 0 Å². The van der Waals surface area contributed by atoms with Crippen LogP contribution in [0.3, 0.4) is 0 Å². The maximum Gasteiger partial charge on any atom is 0.289 e. The molecule has 2 saturated heterocycles. The second-order valence-electron chi connectivity index (χ2n) is 7.21. The number of pyridine rings is 1. The summed E-state index contributed by atoms with van der Waals surface area (Å²) in [6.07, 6.45) is 6.76. The van der Waals surface area contributed by atoms with Crippen molar-refractivity contribution in [2.45, 2.75) is 44.3 Å². The normalized spacial score (nSPS) is 22.3. The monoisotopic (exact) mass is 356 g/mol. The highest BCUT2D eigenvalue weighted by Crippen LogP contribution is 2.36. The second-order valence-corrected chi connectivity index (χ2v) is 7.21. The van der Waals surface area contributed by atoms with Gasteiger partial charge in [-0.1, -0.05) is 0 Å². The highest BCUT2D eigenvalue weighted by molar-refractivity contribution is 5.91. The lowest BCUT2D eigenvalue weighted by Gasteiger charge is -2.45. The first-order valence-corrected chi connectivity index (χ1v) is 9.20. The maximum absolute atomic E-state index is 12.4. The molecule has 4 heterocycles. The van der Waals surface area contributed by atoms with E-state index < -0.39 is 0 Å². The number of ether oxygens (including phenoxy) is 2. The van der Waals surface area contributed by atoms with Gasteiger partial charge in [-0.05, 0) is 43.5 Å². The van der Waals surface area contributed by atoms with E-state index in [9.17, 15) is 4.79 Å². The smallest absolute Gasteiger partial charge is 0.289 e. The third-order valence-corrected chi connectivity index (χ3v) is 5.32. The Morgan fingerprint density at radius 2 is 2.19 bits per heavy atom. The number of carbonyl (C=O) groups excluding carboxylic acids is 1. The van der Waals surface area contributed by atoms with E-state index >= 15 is 0 Å². The van der Waals surface area contributed by atoms with Crippen molar-refractivity contribution in [1.82, 2.24) is 9.88 Å². The minimum Gasteiger partial charge on any atom is -0.474 e. The summed E-state index contributed by atoms with van der Waals surface area (Å²) in [5.74, 6) is 1.03. The van der Waals surface area contributed by atoms with Gasteiger partial charge in [-0.25, -0.2) is 4.98 Å². The molecule has 2 aliphatic rings. The average molecular weight is 356 g/mol. The predicted octanol–water partition coefficient (Wildman–Crippen LogP) is 3.22. The van der Waals surface area contributed by atoms with Gasteiger partial charge in [0.05, 0.1) is 18.5 Å². The van der Waals surface area contributed by atoms with Crippen molar-refractivity contribution >= 4 is 5.91 Å². The van der Waals surface area contributed by atoms with Gasteiger partial charge in [0, 0.05) is 38.2 Å². The molecule has 138 valence electrons. The summed E-state index contributed by atoms with van der Waals surface area (Å²) in [6, 6.07) is 7.38. The molecular formula is C20H24N2O4. The first-order chi connectivity index (χ1) is 12.6. The molecule has 6 heteroatoms. The van der Waals surface area contributed by atoms with Crippen molar-refractivity contribution in [3.8, 4) is 5.88 Å². The van der Waals surface area contributed by atoms with E-state index in [0.717, 1.165) is 31.2 Å². The third kappa shape index (κ3) is 3.60. The van der Waals surface area contributed by atoms with Crippen LogP contribution in [-0.2, 0) is 4.74 Å². The van der Waals surface area contributed by atoms with Crippen LogP contribution in [0, 0.1) is 6.92 Å². The molecule has 0 N–H and O–H groups in total. The van der Waals surface area contributed by atoms with Crippen LogP contribution in [0.1, 0.15) is 41.8 Å². The minimum absolute atomic E-state index is 0.0441. The van der Waals surface area contributed by atoms with Gasteiger partial charge < -0.3 is 18.8 Å². The summed E-state index contributed by atoms with van der Waals surface area (Å²) in [5.41, 5.74) is 0.939. The molecular weight excluding hydrogens is 332 g/mol. The Hall–Kier alpha value is -2.34. The number of nitrogens with zero attached hydrogens (tertiary/aromatic N) is 2. The van der Waals surface area contributed by atoms with Crippen molar-refractivity contribution in [3.05, 3.63) is 48.0 Å².